The maximum Gasteiger partial charge on any atom is 0.170 e. The Morgan fingerprint density at radius 3 is 2.57 bits per heavy atom. The molecule has 0 saturated carbocycles. The van der Waals surface area contributed by atoms with Gasteiger partial charge in [0.25, 0.3) is 0 Å². The fraction of sp³-hybridized carbons (Fsp3) is 0.133. The molecule has 0 aliphatic carbocycles. The molecule has 0 fully saturated rings. The third-order valence-corrected chi connectivity index (χ3v) is 3.35. The van der Waals surface area contributed by atoms with Crippen LogP contribution in [0.15, 0.2) is 42.5 Å². The van der Waals surface area contributed by atoms with Gasteiger partial charge in [0.1, 0.15) is 11.6 Å². The topological polar surface area (TPSA) is 24.1 Å². The Bertz CT molecular complexity index is 649. The molecule has 0 bridgehead atoms. The van der Waals surface area contributed by atoms with Gasteiger partial charge in [-0.1, -0.05) is 29.8 Å². The smallest absolute Gasteiger partial charge is 0.170 e. The predicted molar refractivity (Wildman–Crippen MR) is 85.7 cm³/mol. The molecule has 0 aliphatic heterocycles. The van der Waals surface area contributed by atoms with E-state index in [1.165, 1.54) is 24.3 Å². The summed E-state index contributed by atoms with van der Waals surface area (Å²) in [7, 11) is 0. The van der Waals surface area contributed by atoms with Crippen LogP contribution in [-0.4, -0.2) is 11.7 Å². The molecular formula is C15H13ClF2N2S. The third kappa shape index (κ3) is 4.65. The van der Waals surface area contributed by atoms with E-state index in [0.717, 1.165) is 0 Å². The van der Waals surface area contributed by atoms with E-state index in [1.54, 1.807) is 18.2 Å². The first-order valence-corrected chi connectivity index (χ1v) is 7.08. The van der Waals surface area contributed by atoms with Gasteiger partial charge in [0.15, 0.2) is 5.11 Å². The first kappa shape index (κ1) is 15.7. The second-order valence-corrected chi connectivity index (χ2v) is 5.17. The zero-order chi connectivity index (χ0) is 15.2. The molecule has 0 saturated heterocycles. The van der Waals surface area contributed by atoms with Crippen LogP contribution in [0.1, 0.15) is 5.56 Å². The molecule has 110 valence electrons. The zero-order valence-electron chi connectivity index (χ0n) is 11.0. The summed E-state index contributed by atoms with van der Waals surface area (Å²) in [6.07, 6.45) is 0.513. The summed E-state index contributed by atoms with van der Waals surface area (Å²) in [4.78, 5) is 0. The molecule has 21 heavy (non-hydrogen) atoms. The Labute approximate surface area is 132 Å². The van der Waals surface area contributed by atoms with Crippen LogP contribution < -0.4 is 10.6 Å². The average molecular weight is 327 g/mol. The van der Waals surface area contributed by atoms with Crippen molar-refractivity contribution in [3.05, 3.63) is 64.7 Å². The van der Waals surface area contributed by atoms with Crippen molar-refractivity contribution < 1.29 is 8.78 Å². The van der Waals surface area contributed by atoms with Crippen LogP contribution in [0.2, 0.25) is 5.02 Å². The highest BCUT2D eigenvalue weighted by Crippen LogP contribution is 2.19. The van der Waals surface area contributed by atoms with E-state index in [9.17, 15) is 8.78 Å². The largest absolute Gasteiger partial charge is 0.362 e. The molecule has 0 spiro atoms. The molecule has 2 rings (SSSR count). The van der Waals surface area contributed by atoms with Crippen molar-refractivity contribution in [2.75, 3.05) is 11.9 Å². The first-order chi connectivity index (χ1) is 10.1. The van der Waals surface area contributed by atoms with Crippen molar-refractivity contribution >= 4 is 34.6 Å². The second kappa shape index (κ2) is 7.33. The summed E-state index contributed by atoms with van der Waals surface area (Å²) in [6.45, 7) is 0.488. The second-order valence-electron chi connectivity index (χ2n) is 4.35. The molecule has 2 aromatic rings. The fourth-order valence-electron chi connectivity index (χ4n) is 1.76. The van der Waals surface area contributed by atoms with Crippen molar-refractivity contribution in [1.29, 1.82) is 0 Å². The molecule has 0 amide bonds. The number of hydrogen-bond acceptors (Lipinski definition) is 1. The molecular weight excluding hydrogens is 314 g/mol. The highest BCUT2D eigenvalue weighted by Gasteiger charge is 2.04. The quantitative estimate of drug-likeness (QED) is 0.825. The zero-order valence-corrected chi connectivity index (χ0v) is 12.6. The van der Waals surface area contributed by atoms with Gasteiger partial charge in [-0.05, 0) is 48.5 Å². The molecule has 0 atom stereocenters. The van der Waals surface area contributed by atoms with E-state index >= 15 is 0 Å². The summed E-state index contributed by atoms with van der Waals surface area (Å²) < 4.78 is 26.4. The maximum atomic E-state index is 13.4. The summed E-state index contributed by atoms with van der Waals surface area (Å²) in [5, 5.41) is 6.24. The number of rotatable bonds is 4. The van der Waals surface area contributed by atoms with Crippen LogP contribution in [0.4, 0.5) is 14.5 Å². The number of halogens is 3. The molecule has 2 nitrogen and oxygen atoms in total. The van der Waals surface area contributed by atoms with Gasteiger partial charge in [0.05, 0.1) is 5.02 Å². The lowest BCUT2D eigenvalue weighted by molar-refractivity contribution is 0.607. The first-order valence-electron chi connectivity index (χ1n) is 6.29. The van der Waals surface area contributed by atoms with E-state index < -0.39 is 5.82 Å². The average Bonchev–Trinajstić information content (AvgIpc) is 2.45. The van der Waals surface area contributed by atoms with Crippen LogP contribution in [0, 0.1) is 11.6 Å². The molecule has 0 unspecified atom stereocenters. The molecule has 6 heteroatoms. The number of thiocarbonyl (C=S) groups is 1. The number of hydrogen-bond donors (Lipinski definition) is 2. The van der Waals surface area contributed by atoms with Gasteiger partial charge in [-0.15, -0.1) is 0 Å². The van der Waals surface area contributed by atoms with Crippen LogP contribution in [0.25, 0.3) is 0 Å². The highest BCUT2D eigenvalue weighted by atomic mass is 35.5. The van der Waals surface area contributed by atoms with Crippen molar-refractivity contribution in [3.8, 4) is 0 Å². The van der Waals surface area contributed by atoms with Crippen molar-refractivity contribution in [2.45, 2.75) is 6.42 Å². The van der Waals surface area contributed by atoms with Gasteiger partial charge >= 0.3 is 0 Å². The van der Waals surface area contributed by atoms with Gasteiger partial charge in [-0.2, -0.15) is 0 Å². The van der Waals surface area contributed by atoms with Crippen LogP contribution in [0.3, 0.4) is 0 Å². The SMILES string of the molecule is Fc1ccc(NC(=S)NCCc2ccccc2F)cc1Cl. The number of nitrogens with one attached hydrogen (secondary N) is 2. The molecule has 0 radical (unpaired) electrons. The van der Waals surface area contributed by atoms with Crippen molar-refractivity contribution in [3.63, 3.8) is 0 Å². The van der Waals surface area contributed by atoms with E-state index in [4.69, 9.17) is 23.8 Å². The summed E-state index contributed by atoms with van der Waals surface area (Å²) in [6, 6.07) is 10.8. The Balaban J connectivity index is 1.82. The monoisotopic (exact) mass is 326 g/mol. The number of anilines is 1. The lowest BCUT2D eigenvalue weighted by Crippen LogP contribution is -2.30. The van der Waals surface area contributed by atoms with Crippen LogP contribution in [-0.2, 0) is 6.42 Å². The van der Waals surface area contributed by atoms with Gasteiger partial charge in [-0.3, -0.25) is 0 Å². The highest BCUT2D eigenvalue weighted by molar-refractivity contribution is 7.80. The minimum Gasteiger partial charge on any atom is -0.362 e. The molecule has 2 aromatic carbocycles. The summed E-state index contributed by atoms with van der Waals surface area (Å²) in [5.41, 5.74) is 1.21. The number of benzene rings is 2. The van der Waals surface area contributed by atoms with Crippen LogP contribution >= 0.6 is 23.8 Å². The summed E-state index contributed by atoms with van der Waals surface area (Å²) in [5.74, 6) is -0.718. The normalized spacial score (nSPS) is 10.2. The van der Waals surface area contributed by atoms with Gasteiger partial charge < -0.3 is 10.6 Å². The standard InChI is InChI=1S/C15H13ClF2N2S/c16-12-9-11(5-6-14(12)18)20-15(21)19-8-7-10-3-1-2-4-13(10)17/h1-6,9H,7-8H2,(H2,19,20,21). The minimum absolute atomic E-state index is 0.0224. The molecule has 0 aromatic heterocycles. The van der Waals surface area contributed by atoms with E-state index in [1.807, 2.05) is 0 Å². The summed E-state index contributed by atoms with van der Waals surface area (Å²) >= 11 is 10.8. The third-order valence-electron chi connectivity index (χ3n) is 2.82. The Hall–Kier alpha value is -1.72. The molecule has 0 heterocycles. The Kier molecular flexibility index (Phi) is 5.47. The fourth-order valence-corrected chi connectivity index (χ4v) is 2.16. The van der Waals surface area contributed by atoms with Crippen molar-refractivity contribution in [1.82, 2.24) is 5.32 Å². The maximum absolute atomic E-state index is 13.4. The molecule has 0 aliphatic rings. The van der Waals surface area contributed by atoms with Gasteiger partial charge in [0, 0.05) is 12.2 Å². The van der Waals surface area contributed by atoms with Crippen LogP contribution in [0.5, 0.6) is 0 Å². The Morgan fingerprint density at radius 1 is 1.10 bits per heavy atom. The van der Waals surface area contributed by atoms with E-state index in [0.29, 0.717) is 29.3 Å². The van der Waals surface area contributed by atoms with Crippen molar-refractivity contribution in [2.24, 2.45) is 0 Å². The van der Waals surface area contributed by atoms with E-state index in [2.05, 4.69) is 10.6 Å². The predicted octanol–water partition coefficient (Wildman–Crippen LogP) is 4.15. The Morgan fingerprint density at radius 2 is 1.86 bits per heavy atom. The lowest BCUT2D eigenvalue weighted by atomic mass is 10.1. The minimum atomic E-state index is -0.486. The lowest BCUT2D eigenvalue weighted by Gasteiger charge is -2.11. The van der Waals surface area contributed by atoms with Gasteiger partial charge in [0.2, 0.25) is 0 Å². The molecule has 2 N–H and O–H groups in total. The van der Waals surface area contributed by atoms with E-state index in [-0.39, 0.29) is 10.8 Å². The van der Waals surface area contributed by atoms with Gasteiger partial charge in [-0.25, -0.2) is 8.78 Å².